The summed E-state index contributed by atoms with van der Waals surface area (Å²) in [6, 6.07) is 12.4. The summed E-state index contributed by atoms with van der Waals surface area (Å²) < 4.78 is -0.330. The van der Waals surface area contributed by atoms with Gasteiger partial charge in [0, 0.05) is 17.1 Å². The molecule has 0 saturated carbocycles. The molecule has 0 radical (unpaired) electrons. The average molecular weight is 258 g/mol. The van der Waals surface area contributed by atoms with Crippen molar-refractivity contribution in [2.75, 3.05) is 11.5 Å². The van der Waals surface area contributed by atoms with Crippen LogP contribution in [0.15, 0.2) is 36.4 Å². The summed E-state index contributed by atoms with van der Waals surface area (Å²) >= 11 is 3.61. The van der Waals surface area contributed by atoms with Gasteiger partial charge in [0.05, 0.1) is 0 Å². The Morgan fingerprint density at radius 2 is 1.71 bits per heavy atom. The molecule has 1 aliphatic heterocycles. The normalized spacial score (nSPS) is 20.6. The van der Waals surface area contributed by atoms with E-state index in [9.17, 15) is 4.79 Å². The molecule has 0 aromatic heterocycles. The molecule has 1 fully saturated rings. The third kappa shape index (κ3) is 1.11. The van der Waals surface area contributed by atoms with Gasteiger partial charge in [0.25, 0.3) is 0 Å². The largest absolute Gasteiger partial charge is 0.291 e. The Morgan fingerprint density at radius 1 is 1.00 bits per heavy atom. The highest BCUT2D eigenvalue weighted by molar-refractivity contribution is 8.21. The van der Waals surface area contributed by atoms with Crippen LogP contribution < -0.4 is 0 Å². The quantitative estimate of drug-likeness (QED) is 0.717. The zero-order valence-electron chi connectivity index (χ0n) is 9.10. The zero-order valence-corrected chi connectivity index (χ0v) is 10.7. The predicted octanol–water partition coefficient (Wildman–Crippen LogP) is 3.67. The molecule has 1 saturated heterocycles. The van der Waals surface area contributed by atoms with Crippen molar-refractivity contribution in [3.8, 4) is 0 Å². The molecule has 1 nitrogen and oxygen atoms in total. The molecular formula is C14H10OS2. The van der Waals surface area contributed by atoms with Gasteiger partial charge in [-0.2, -0.15) is 0 Å². The lowest BCUT2D eigenvalue weighted by molar-refractivity contribution is 0.0986. The van der Waals surface area contributed by atoms with E-state index < -0.39 is 0 Å². The van der Waals surface area contributed by atoms with E-state index in [0.717, 1.165) is 17.1 Å². The van der Waals surface area contributed by atoms with Crippen LogP contribution in [0.5, 0.6) is 0 Å². The van der Waals surface area contributed by atoms with E-state index in [0.29, 0.717) is 5.78 Å². The first-order chi connectivity index (χ1) is 8.33. The van der Waals surface area contributed by atoms with Gasteiger partial charge in [-0.1, -0.05) is 36.4 Å². The van der Waals surface area contributed by atoms with Gasteiger partial charge >= 0.3 is 0 Å². The Bertz CT molecular complexity index is 636. The molecule has 3 heteroatoms. The van der Waals surface area contributed by atoms with Crippen LogP contribution in [0.4, 0.5) is 0 Å². The molecule has 0 unspecified atom stereocenters. The molecule has 0 amide bonds. The van der Waals surface area contributed by atoms with Gasteiger partial charge in [0.15, 0.2) is 9.86 Å². The van der Waals surface area contributed by atoms with Crippen molar-refractivity contribution in [3.63, 3.8) is 0 Å². The molecule has 1 aliphatic carbocycles. The topological polar surface area (TPSA) is 17.1 Å². The lowest BCUT2D eigenvalue weighted by Gasteiger charge is -2.20. The van der Waals surface area contributed by atoms with Gasteiger partial charge in [0.1, 0.15) is 0 Å². The third-order valence-corrected chi connectivity index (χ3v) is 6.90. The molecule has 1 spiro atoms. The molecule has 0 atom stereocenters. The van der Waals surface area contributed by atoms with Gasteiger partial charge in [-0.25, -0.2) is 0 Å². The van der Waals surface area contributed by atoms with E-state index in [-0.39, 0.29) is 4.08 Å². The van der Waals surface area contributed by atoms with Crippen molar-refractivity contribution in [1.82, 2.24) is 0 Å². The van der Waals surface area contributed by atoms with E-state index in [2.05, 4.69) is 24.3 Å². The highest BCUT2D eigenvalue weighted by Crippen LogP contribution is 2.59. The van der Waals surface area contributed by atoms with Crippen molar-refractivity contribution in [2.24, 2.45) is 0 Å². The maximum absolute atomic E-state index is 12.7. The van der Waals surface area contributed by atoms with E-state index in [1.165, 1.54) is 16.3 Å². The Kier molecular flexibility index (Phi) is 1.95. The van der Waals surface area contributed by atoms with Crippen molar-refractivity contribution < 1.29 is 4.79 Å². The van der Waals surface area contributed by atoms with Crippen molar-refractivity contribution >= 4 is 40.1 Å². The molecule has 2 aromatic carbocycles. The smallest absolute Gasteiger partial charge is 0.194 e. The lowest BCUT2D eigenvalue weighted by Crippen LogP contribution is -2.21. The van der Waals surface area contributed by atoms with Gasteiger partial charge in [-0.3, -0.25) is 4.79 Å². The van der Waals surface area contributed by atoms with Crippen LogP contribution in [0.25, 0.3) is 10.8 Å². The molecular weight excluding hydrogens is 248 g/mol. The van der Waals surface area contributed by atoms with Crippen LogP contribution in [0.1, 0.15) is 15.9 Å². The summed E-state index contributed by atoms with van der Waals surface area (Å²) in [5, 5.41) is 2.38. The van der Waals surface area contributed by atoms with Crippen LogP contribution in [-0.2, 0) is 4.08 Å². The summed E-state index contributed by atoms with van der Waals surface area (Å²) in [6.45, 7) is 0. The Hall–Kier alpha value is -0.930. The summed E-state index contributed by atoms with van der Waals surface area (Å²) in [4.78, 5) is 12.7. The molecule has 17 heavy (non-hydrogen) atoms. The van der Waals surface area contributed by atoms with Gasteiger partial charge < -0.3 is 0 Å². The predicted molar refractivity (Wildman–Crippen MR) is 74.9 cm³/mol. The number of hydrogen-bond acceptors (Lipinski definition) is 3. The van der Waals surface area contributed by atoms with E-state index >= 15 is 0 Å². The summed E-state index contributed by atoms with van der Waals surface area (Å²) in [6.07, 6.45) is 0. The fourth-order valence-corrected chi connectivity index (χ4v) is 6.01. The molecule has 2 aliphatic rings. The van der Waals surface area contributed by atoms with Crippen LogP contribution in [-0.4, -0.2) is 17.3 Å². The zero-order chi connectivity index (χ0) is 11.5. The van der Waals surface area contributed by atoms with Gasteiger partial charge in [0.2, 0.25) is 0 Å². The van der Waals surface area contributed by atoms with Gasteiger partial charge in [-0.15, -0.1) is 23.5 Å². The van der Waals surface area contributed by atoms with Crippen LogP contribution in [0, 0.1) is 0 Å². The molecule has 84 valence electrons. The molecule has 1 heterocycles. The number of hydrogen-bond donors (Lipinski definition) is 0. The standard InChI is InChI=1S/C14H10OS2/c15-13-10-5-1-3-9-4-2-6-11(12(9)10)14(13)16-7-8-17-14/h1-6H,7-8H2. The second-order valence-corrected chi connectivity index (χ2v) is 7.23. The fourth-order valence-electron chi connectivity index (χ4n) is 2.80. The highest BCUT2D eigenvalue weighted by atomic mass is 32.2. The first-order valence-electron chi connectivity index (χ1n) is 5.68. The lowest BCUT2D eigenvalue weighted by atomic mass is 10.1. The fraction of sp³-hybridized carbons (Fsp3) is 0.214. The van der Waals surface area contributed by atoms with Crippen molar-refractivity contribution in [2.45, 2.75) is 4.08 Å². The van der Waals surface area contributed by atoms with Crippen LogP contribution in [0.2, 0.25) is 0 Å². The first-order valence-corrected chi connectivity index (χ1v) is 7.65. The second-order valence-electron chi connectivity index (χ2n) is 4.35. The second kappa shape index (κ2) is 3.30. The number of benzene rings is 2. The number of carbonyl (C=O) groups excluding carboxylic acids is 1. The molecule has 0 N–H and O–H groups in total. The Labute approximate surface area is 108 Å². The molecule has 0 bridgehead atoms. The third-order valence-electron chi connectivity index (χ3n) is 3.50. The number of Topliss-reactive ketones (excluding diaryl/α,β-unsaturated/α-hetero) is 1. The maximum atomic E-state index is 12.7. The van der Waals surface area contributed by atoms with Crippen LogP contribution in [0.3, 0.4) is 0 Å². The maximum Gasteiger partial charge on any atom is 0.194 e. The van der Waals surface area contributed by atoms with E-state index in [4.69, 9.17) is 0 Å². The summed E-state index contributed by atoms with van der Waals surface area (Å²) in [5.74, 6) is 2.44. The van der Waals surface area contributed by atoms with Crippen LogP contribution >= 0.6 is 23.5 Å². The minimum atomic E-state index is -0.330. The number of fused-ring (bicyclic) bond motifs is 1. The molecule has 4 rings (SSSR count). The highest BCUT2D eigenvalue weighted by Gasteiger charge is 2.50. The van der Waals surface area contributed by atoms with Crippen molar-refractivity contribution in [1.29, 1.82) is 0 Å². The SMILES string of the molecule is O=C1c2cccc3cccc(c23)C12SCCS2. The van der Waals surface area contributed by atoms with Gasteiger partial charge in [-0.05, 0) is 16.3 Å². The number of thioether (sulfide) groups is 2. The molecule has 2 aromatic rings. The van der Waals surface area contributed by atoms with E-state index in [1.54, 1.807) is 23.5 Å². The minimum absolute atomic E-state index is 0.303. The number of ketones is 1. The average Bonchev–Trinajstić information content (AvgIpc) is 2.94. The Morgan fingerprint density at radius 3 is 2.47 bits per heavy atom. The minimum Gasteiger partial charge on any atom is -0.291 e. The van der Waals surface area contributed by atoms with Crippen molar-refractivity contribution in [3.05, 3.63) is 47.5 Å². The first kappa shape index (κ1) is 10.0. The number of carbonyl (C=O) groups is 1. The monoisotopic (exact) mass is 258 g/mol. The summed E-state index contributed by atoms with van der Waals surface area (Å²) in [5.41, 5.74) is 2.14. The Balaban J connectivity index is 2.15. The number of rotatable bonds is 0. The van der Waals surface area contributed by atoms with E-state index in [1.807, 2.05) is 12.1 Å². The summed E-state index contributed by atoms with van der Waals surface area (Å²) in [7, 11) is 0.